The Labute approximate surface area is 179 Å². The molecule has 2 atom stereocenters. The van der Waals surface area contributed by atoms with E-state index in [2.05, 4.69) is 21.5 Å². The fourth-order valence-electron chi connectivity index (χ4n) is 4.75. The summed E-state index contributed by atoms with van der Waals surface area (Å²) in [7, 11) is 0. The first-order valence-electron chi connectivity index (χ1n) is 10.4. The zero-order chi connectivity index (χ0) is 21.8. The summed E-state index contributed by atoms with van der Waals surface area (Å²) in [5.41, 5.74) is 2.39. The highest BCUT2D eigenvalue weighted by Gasteiger charge is 2.61. The van der Waals surface area contributed by atoms with Crippen molar-refractivity contribution >= 4 is 28.8 Å². The number of hydrogen-bond donors (Lipinski definition) is 1. The maximum Gasteiger partial charge on any atom is 0.248 e. The molecule has 156 valence electrons. The number of amides is 2. The number of nitrogens with zero attached hydrogens (tertiary/aromatic N) is 5. The van der Waals surface area contributed by atoms with Gasteiger partial charge in [0.25, 0.3) is 0 Å². The van der Waals surface area contributed by atoms with Crippen molar-refractivity contribution < 1.29 is 9.59 Å². The van der Waals surface area contributed by atoms with Crippen LogP contribution in [-0.4, -0.2) is 33.0 Å². The lowest BCUT2D eigenvalue weighted by Crippen LogP contribution is -2.37. The molecule has 3 aromatic rings. The van der Waals surface area contributed by atoms with Crippen LogP contribution in [0.4, 0.5) is 11.5 Å². The van der Waals surface area contributed by atoms with Gasteiger partial charge in [-0.25, -0.2) is 9.50 Å². The summed E-state index contributed by atoms with van der Waals surface area (Å²) in [4.78, 5) is 30.7. The van der Waals surface area contributed by atoms with E-state index in [1.54, 1.807) is 27.9 Å². The van der Waals surface area contributed by atoms with Crippen molar-refractivity contribution in [3.8, 4) is 17.2 Å². The van der Waals surface area contributed by atoms with Crippen LogP contribution in [0.15, 0.2) is 42.9 Å². The summed E-state index contributed by atoms with van der Waals surface area (Å²) >= 11 is 0. The fraction of sp³-hybridized carbons (Fsp3) is 0.348. The Hall–Kier alpha value is -3.73. The van der Waals surface area contributed by atoms with Crippen molar-refractivity contribution in [2.45, 2.75) is 26.7 Å². The first-order chi connectivity index (χ1) is 14.9. The Morgan fingerprint density at radius 3 is 2.77 bits per heavy atom. The van der Waals surface area contributed by atoms with Gasteiger partial charge in [-0.15, -0.1) is 0 Å². The van der Waals surface area contributed by atoms with Gasteiger partial charge < -0.3 is 10.2 Å². The largest absolute Gasteiger partial charge is 0.311 e. The number of hydrogen-bond acceptors (Lipinski definition) is 5. The maximum atomic E-state index is 13.4. The molecule has 1 saturated heterocycles. The van der Waals surface area contributed by atoms with Gasteiger partial charge in [-0.2, -0.15) is 10.4 Å². The van der Waals surface area contributed by atoms with Crippen LogP contribution in [0.2, 0.25) is 0 Å². The molecule has 0 radical (unpaired) electrons. The quantitative estimate of drug-likeness (QED) is 0.706. The summed E-state index contributed by atoms with van der Waals surface area (Å²) in [6.07, 6.45) is 7.07. The molecule has 1 aliphatic carbocycles. The Morgan fingerprint density at radius 2 is 2.06 bits per heavy atom. The highest BCUT2D eigenvalue weighted by atomic mass is 16.2. The molecular formula is C23H22N6O2. The molecule has 1 saturated carbocycles. The van der Waals surface area contributed by atoms with Crippen LogP contribution in [0, 0.1) is 28.6 Å². The standard InChI is InChI=1S/C23H22N6O2/c1-14-11-28(22(31)23(14,13-24)18-3-4-18)19-6-8-26-29-12-17(9-20(19)29)16-5-7-25-21(10-16)27-15(2)30/h5-10,12,14,18H,3-4,11H2,1-2H3,(H,25,27,30)/t14-,23+/m1/s1. The molecule has 8 nitrogen and oxygen atoms in total. The van der Waals surface area contributed by atoms with Crippen LogP contribution in [0.5, 0.6) is 0 Å². The third-order valence-corrected chi connectivity index (χ3v) is 6.41. The molecule has 2 fully saturated rings. The third kappa shape index (κ3) is 2.96. The molecule has 3 aromatic heterocycles. The molecule has 1 N–H and O–H groups in total. The molecule has 0 bridgehead atoms. The first kappa shape index (κ1) is 19.2. The average molecular weight is 414 g/mol. The van der Waals surface area contributed by atoms with E-state index in [0.717, 1.165) is 35.2 Å². The van der Waals surface area contributed by atoms with Gasteiger partial charge in [0.2, 0.25) is 11.8 Å². The van der Waals surface area contributed by atoms with Crippen LogP contribution in [0.25, 0.3) is 16.6 Å². The highest BCUT2D eigenvalue weighted by Crippen LogP contribution is 2.54. The zero-order valence-electron chi connectivity index (χ0n) is 17.4. The van der Waals surface area contributed by atoms with Crippen LogP contribution >= 0.6 is 0 Å². The van der Waals surface area contributed by atoms with E-state index in [1.807, 2.05) is 31.3 Å². The van der Waals surface area contributed by atoms with E-state index in [4.69, 9.17) is 0 Å². The molecule has 0 aromatic carbocycles. The molecule has 4 heterocycles. The topological polar surface area (TPSA) is 103 Å². The van der Waals surface area contributed by atoms with Crippen LogP contribution in [-0.2, 0) is 9.59 Å². The third-order valence-electron chi connectivity index (χ3n) is 6.41. The number of nitrogens with one attached hydrogen (secondary N) is 1. The normalized spacial score (nSPS) is 23.2. The molecule has 2 aliphatic rings. The van der Waals surface area contributed by atoms with Crippen LogP contribution < -0.4 is 10.2 Å². The summed E-state index contributed by atoms with van der Waals surface area (Å²) in [6, 6.07) is 9.84. The van der Waals surface area contributed by atoms with Gasteiger partial charge in [0.1, 0.15) is 11.2 Å². The number of nitriles is 1. The van der Waals surface area contributed by atoms with Crippen molar-refractivity contribution in [1.29, 1.82) is 5.26 Å². The van der Waals surface area contributed by atoms with Crippen LogP contribution in [0.1, 0.15) is 26.7 Å². The molecule has 8 heteroatoms. The summed E-state index contributed by atoms with van der Waals surface area (Å²) < 4.78 is 1.74. The number of pyridine rings is 1. The van der Waals surface area contributed by atoms with Crippen molar-refractivity contribution in [2.24, 2.45) is 17.3 Å². The predicted molar refractivity (Wildman–Crippen MR) is 115 cm³/mol. The number of fused-ring (bicyclic) bond motifs is 1. The fourth-order valence-corrected chi connectivity index (χ4v) is 4.75. The number of rotatable bonds is 4. The average Bonchev–Trinajstić information content (AvgIpc) is 3.44. The van der Waals surface area contributed by atoms with E-state index in [-0.39, 0.29) is 23.7 Å². The Kier molecular flexibility index (Phi) is 4.29. The number of carbonyl (C=O) groups excluding carboxylic acids is 2. The van der Waals surface area contributed by atoms with E-state index >= 15 is 0 Å². The van der Waals surface area contributed by atoms with Gasteiger partial charge >= 0.3 is 0 Å². The smallest absolute Gasteiger partial charge is 0.248 e. The second-order valence-electron chi connectivity index (χ2n) is 8.46. The van der Waals surface area contributed by atoms with Gasteiger partial charge in [-0.3, -0.25) is 9.59 Å². The van der Waals surface area contributed by atoms with Crippen molar-refractivity contribution in [3.05, 3.63) is 42.9 Å². The van der Waals surface area contributed by atoms with Crippen molar-refractivity contribution in [2.75, 3.05) is 16.8 Å². The Balaban J connectivity index is 1.55. The summed E-state index contributed by atoms with van der Waals surface area (Å²) in [6.45, 7) is 3.96. The minimum Gasteiger partial charge on any atom is -0.311 e. The second kappa shape index (κ2) is 6.91. The SMILES string of the molecule is CC(=O)Nc1cc(-c2cc3c(N4C[C@@H](C)[C@@](C#N)(C5CC5)C4=O)ccnn3c2)ccn1. The zero-order valence-corrected chi connectivity index (χ0v) is 17.4. The van der Waals surface area contributed by atoms with E-state index in [1.165, 1.54) is 6.92 Å². The van der Waals surface area contributed by atoms with Gasteiger partial charge in [-0.1, -0.05) is 6.92 Å². The van der Waals surface area contributed by atoms with E-state index < -0.39 is 5.41 Å². The molecule has 0 unspecified atom stereocenters. The molecule has 31 heavy (non-hydrogen) atoms. The van der Waals surface area contributed by atoms with Gasteiger partial charge in [-0.05, 0) is 48.6 Å². The predicted octanol–water partition coefficient (Wildman–Crippen LogP) is 3.26. The molecule has 2 amide bonds. The van der Waals surface area contributed by atoms with E-state index in [0.29, 0.717) is 12.4 Å². The lowest BCUT2D eigenvalue weighted by Gasteiger charge is -2.23. The van der Waals surface area contributed by atoms with Gasteiger partial charge in [0.15, 0.2) is 0 Å². The molecule has 0 spiro atoms. The van der Waals surface area contributed by atoms with Crippen molar-refractivity contribution in [1.82, 2.24) is 14.6 Å². The number of carbonyl (C=O) groups is 2. The lowest BCUT2D eigenvalue weighted by atomic mass is 9.75. The lowest BCUT2D eigenvalue weighted by molar-refractivity contribution is -0.124. The second-order valence-corrected chi connectivity index (χ2v) is 8.46. The Bertz CT molecular complexity index is 1250. The Morgan fingerprint density at radius 1 is 1.26 bits per heavy atom. The number of anilines is 2. The van der Waals surface area contributed by atoms with Crippen molar-refractivity contribution in [3.63, 3.8) is 0 Å². The number of aromatic nitrogens is 3. The maximum absolute atomic E-state index is 13.4. The summed E-state index contributed by atoms with van der Waals surface area (Å²) in [5.74, 6) is 0.321. The van der Waals surface area contributed by atoms with Gasteiger partial charge in [0, 0.05) is 43.5 Å². The monoisotopic (exact) mass is 414 g/mol. The van der Waals surface area contributed by atoms with Crippen LogP contribution in [0.3, 0.4) is 0 Å². The van der Waals surface area contributed by atoms with E-state index in [9.17, 15) is 14.9 Å². The molecular weight excluding hydrogens is 392 g/mol. The molecule has 1 aliphatic heterocycles. The minimum atomic E-state index is -0.923. The minimum absolute atomic E-state index is 0.0273. The summed E-state index contributed by atoms with van der Waals surface area (Å²) in [5, 5.41) is 17.0. The first-order valence-corrected chi connectivity index (χ1v) is 10.4. The molecule has 5 rings (SSSR count). The highest BCUT2D eigenvalue weighted by molar-refractivity contribution is 6.05. The van der Waals surface area contributed by atoms with Gasteiger partial charge in [0.05, 0.1) is 17.3 Å².